The van der Waals surface area contributed by atoms with Gasteiger partial charge >= 0.3 is 5.76 Å². The van der Waals surface area contributed by atoms with Gasteiger partial charge in [0.05, 0.1) is 16.5 Å². The molecule has 1 fully saturated rings. The Labute approximate surface area is 164 Å². The standard InChI is InChI=1S/C17H14Cl2F3NO3S/c18-13-8-14(19)15(20)7-12(13)16-9-23(5-6-26-16)10-1-3-11(4-2-10)27(24,25)17(21)22/h1-4,7-8,16-17H,5-6,9H2. The maximum atomic E-state index is 13.8. The molecule has 1 atom stereocenters. The van der Waals surface area contributed by atoms with Crippen molar-refractivity contribution >= 4 is 38.7 Å². The highest BCUT2D eigenvalue weighted by Gasteiger charge is 2.28. The molecule has 1 saturated heterocycles. The van der Waals surface area contributed by atoms with Gasteiger partial charge in [-0.3, -0.25) is 0 Å². The fraction of sp³-hybridized carbons (Fsp3) is 0.294. The van der Waals surface area contributed by atoms with Crippen molar-refractivity contribution in [2.24, 2.45) is 0 Å². The van der Waals surface area contributed by atoms with Crippen molar-refractivity contribution < 1.29 is 26.3 Å². The molecular formula is C17H14Cl2F3NO3S. The number of hydrogen-bond acceptors (Lipinski definition) is 4. The highest BCUT2D eigenvalue weighted by atomic mass is 35.5. The maximum absolute atomic E-state index is 13.8. The van der Waals surface area contributed by atoms with Crippen LogP contribution in [0.3, 0.4) is 0 Å². The predicted molar refractivity (Wildman–Crippen MR) is 97.0 cm³/mol. The molecule has 27 heavy (non-hydrogen) atoms. The fourth-order valence-electron chi connectivity index (χ4n) is 2.81. The lowest BCUT2D eigenvalue weighted by Crippen LogP contribution is -2.38. The third-order valence-corrected chi connectivity index (χ3v) is 6.23. The van der Waals surface area contributed by atoms with E-state index in [1.807, 2.05) is 4.90 Å². The number of morpholine rings is 1. The first kappa shape index (κ1) is 20.3. The highest BCUT2D eigenvalue weighted by Crippen LogP contribution is 2.34. The van der Waals surface area contributed by atoms with Crippen LogP contribution in [0.25, 0.3) is 0 Å². The molecule has 1 aliphatic rings. The summed E-state index contributed by atoms with van der Waals surface area (Å²) < 4.78 is 67.7. The first-order valence-corrected chi connectivity index (χ1v) is 10.1. The third kappa shape index (κ3) is 4.18. The van der Waals surface area contributed by atoms with Gasteiger partial charge in [0.1, 0.15) is 11.9 Å². The van der Waals surface area contributed by atoms with E-state index < -0.39 is 32.4 Å². The molecule has 0 aliphatic carbocycles. The molecule has 1 heterocycles. The quantitative estimate of drug-likeness (QED) is 0.647. The van der Waals surface area contributed by atoms with E-state index in [1.54, 1.807) is 0 Å². The lowest BCUT2D eigenvalue weighted by Gasteiger charge is -2.35. The number of rotatable bonds is 4. The Morgan fingerprint density at radius 2 is 1.78 bits per heavy atom. The number of alkyl halides is 2. The van der Waals surface area contributed by atoms with Gasteiger partial charge in [0.25, 0.3) is 0 Å². The molecule has 0 spiro atoms. The van der Waals surface area contributed by atoms with Gasteiger partial charge in [-0.2, -0.15) is 8.78 Å². The molecular weight excluding hydrogens is 426 g/mol. The summed E-state index contributed by atoms with van der Waals surface area (Å²) in [6.07, 6.45) is -0.525. The molecule has 0 amide bonds. The molecule has 0 radical (unpaired) electrons. The lowest BCUT2D eigenvalue weighted by atomic mass is 10.1. The molecule has 1 unspecified atom stereocenters. The van der Waals surface area contributed by atoms with Crippen LogP contribution in [0.15, 0.2) is 41.3 Å². The van der Waals surface area contributed by atoms with Gasteiger partial charge in [0, 0.05) is 29.4 Å². The van der Waals surface area contributed by atoms with E-state index in [1.165, 1.54) is 24.3 Å². The number of halogens is 5. The van der Waals surface area contributed by atoms with Crippen molar-refractivity contribution in [2.45, 2.75) is 16.8 Å². The Bertz CT molecular complexity index is 939. The van der Waals surface area contributed by atoms with Crippen LogP contribution >= 0.6 is 23.2 Å². The van der Waals surface area contributed by atoms with Gasteiger partial charge in [-0.25, -0.2) is 12.8 Å². The molecule has 4 nitrogen and oxygen atoms in total. The molecule has 1 aliphatic heterocycles. The van der Waals surface area contributed by atoms with Crippen LogP contribution in [0, 0.1) is 5.82 Å². The summed E-state index contributed by atoms with van der Waals surface area (Å²) in [6, 6.07) is 7.69. The second kappa shape index (κ2) is 7.87. The predicted octanol–water partition coefficient (Wildman–Crippen LogP) is 4.71. The van der Waals surface area contributed by atoms with Crippen molar-refractivity contribution in [1.82, 2.24) is 0 Å². The van der Waals surface area contributed by atoms with E-state index in [2.05, 4.69) is 0 Å². The van der Waals surface area contributed by atoms with Gasteiger partial charge in [0.2, 0.25) is 9.84 Å². The normalized spacial score (nSPS) is 18.1. The molecule has 0 bridgehead atoms. The zero-order chi connectivity index (χ0) is 19.8. The smallest absolute Gasteiger partial charge is 0.341 e. The van der Waals surface area contributed by atoms with Crippen LogP contribution in [-0.4, -0.2) is 33.9 Å². The summed E-state index contributed by atoms with van der Waals surface area (Å²) in [4.78, 5) is 1.42. The van der Waals surface area contributed by atoms with Crippen LogP contribution in [0.4, 0.5) is 18.9 Å². The molecule has 10 heteroatoms. The Morgan fingerprint density at radius 1 is 1.11 bits per heavy atom. The van der Waals surface area contributed by atoms with Crippen LogP contribution in [0.2, 0.25) is 10.0 Å². The Morgan fingerprint density at radius 3 is 2.41 bits per heavy atom. The van der Waals surface area contributed by atoms with Crippen LogP contribution in [-0.2, 0) is 14.6 Å². The van der Waals surface area contributed by atoms with Crippen LogP contribution < -0.4 is 4.90 Å². The average Bonchev–Trinajstić information content (AvgIpc) is 2.65. The summed E-state index contributed by atoms with van der Waals surface area (Å²) in [5, 5.41) is 0.180. The molecule has 0 saturated carbocycles. The first-order valence-electron chi connectivity index (χ1n) is 7.83. The average molecular weight is 440 g/mol. The molecule has 0 N–H and O–H groups in total. The Balaban J connectivity index is 1.82. The monoisotopic (exact) mass is 439 g/mol. The molecule has 3 rings (SSSR count). The highest BCUT2D eigenvalue weighted by molar-refractivity contribution is 7.91. The van der Waals surface area contributed by atoms with Gasteiger partial charge < -0.3 is 9.64 Å². The molecule has 2 aromatic rings. The van der Waals surface area contributed by atoms with Gasteiger partial charge in [0.15, 0.2) is 0 Å². The zero-order valence-corrected chi connectivity index (χ0v) is 16.0. The molecule has 2 aromatic carbocycles. The van der Waals surface area contributed by atoms with E-state index in [4.69, 9.17) is 27.9 Å². The third-order valence-electron chi connectivity index (χ3n) is 4.22. The second-order valence-electron chi connectivity index (χ2n) is 5.89. The summed E-state index contributed by atoms with van der Waals surface area (Å²) in [6.45, 7) is 1.13. The van der Waals surface area contributed by atoms with Crippen molar-refractivity contribution in [3.05, 3.63) is 57.8 Å². The number of hydrogen-bond donors (Lipinski definition) is 0. The largest absolute Gasteiger partial charge is 0.370 e. The number of ether oxygens (including phenoxy) is 1. The fourth-order valence-corrected chi connectivity index (χ4v) is 4.03. The van der Waals surface area contributed by atoms with E-state index in [0.29, 0.717) is 30.9 Å². The van der Waals surface area contributed by atoms with E-state index >= 15 is 0 Å². The minimum Gasteiger partial charge on any atom is -0.370 e. The Hall–Kier alpha value is -1.48. The van der Waals surface area contributed by atoms with E-state index in [9.17, 15) is 21.6 Å². The topological polar surface area (TPSA) is 46.6 Å². The Kier molecular flexibility index (Phi) is 5.90. The molecule has 146 valence electrons. The van der Waals surface area contributed by atoms with Gasteiger partial charge in [-0.1, -0.05) is 23.2 Å². The number of anilines is 1. The van der Waals surface area contributed by atoms with E-state index in [0.717, 1.165) is 12.1 Å². The summed E-state index contributed by atoms with van der Waals surface area (Å²) in [7, 11) is -4.64. The number of benzene rings is 2. The second-order valence-corrected chi connectivity index (χ2v) is 8.63. The van der Waals surface area contributed by atoms with Crippen molar-refractivity contribution in [3.63, 3.8) is 0 Å². The van der Waals surface area contributed by atoms with Crippen molar-refractivity contribution in [1.29, 1.82) is 0 Å². The minimum absolute atomic E-state index is 0.0905. The van der Waals surface area contributed by atoms with Crippen LogP contribution in [0.5, 0.6) is 0 Å². The minimum atomic E-state index is -4.64. The molecule has 0 aromatic heterocycles. The first-order chi connectivity index (χ1) is 12.7. The van der Waals surface area contributed by atoms with Crippen LogP contribution in [0.1, 0.15) is 11.7 Å². The summed E-state index contributed by atoms with van der Waals surface area (Å²) in [5.74, 6) is -4.09. The number of sulfone groups is 1. The van der Waals surface area contributed by atoms with Crippen molar-refractivity contribution in [3.8, 4) is 0 Å². The maximum Gasteiger partial charge on any atom is 0.341 e. The lowest BCUT2D eigenvalue weighted by molar-refractivity contribution is 0.0397. The van der Waals surface area contributed by atoms with Gasteiger partial charge in [-0.05, 0) is 36.4 Å². The van der Waals surface area contributed by atoms with Gasteiger partial charge in [-0.15, -0.1) is 0 Å². The summed E-state index contributed by atoms with van der Waals surface area (Å²) >= 11 is 11.9. The summed E-state index contributed by atoms with van der Waals surface area (Å²) in [5.41, 5.74) is 1.07. The number of nitrogens with zero attached hydrogens (tertiary/aromatic N) is 1. The van der Waals surface area contributed by atoms with E-state index in [-0.39, 0.29) is 10.0 Å². The van der Waals surface area contributed by atoms with Crippen molar-refractivity contribution in [2.75, 3.05) is 24.6 Å². The zero-order valence-electron chi connectivity index (χ0n) is 13.7. The SMILES string of the molecule is O=S(=O)(c1ccc(N2CCOC(c3cc(F)c(Cl)cc3Cl)C2)cc1)C(F)F.